The minimum atomic E-state index is -4.11. The molecule has 0 aromatic heterocycles. The molecule has 3 aromatic rings. The number of sulfonamides is 1. The summed E-state index contributed by atoms with van der Waals surface area (Å²) in [6, 6.07) is 19.0. The Morgan fingerprint density at radius 2 is 1.61 bits per heavy atom. The number of carbonyl (C=O) groups is 1. The van der Waals surface area contributed by atoms with Gasteiger partial charge in [-0.15, -0.1) is 0 Å². The van der Waals surface area contributed by atoms with Crippen molar-refractivity contribution in [3.63, 3.8) is 0 Å². The molecule has 0 aliphatic heterocycles. The van der Waals surface area contributed by atoms with E-state index in [-0.39, 0.29) is 34.9 Å². The van der Waals surface area contributed by atoms with Gasteiger partial charge in [0.15, 0.2) is 0 Å². The molecule has 0 bridgehead atoms. The van der Waals surface area contributed by atoms with Crippen molar-refractivity contribution in [3.05, 3.63) is 77.9 Å². The van der Waals surface area contributed by atoms with Crippen LogP contribution in [0.4, 0.5) is 5.69 Å². The standard InChI is InChI=1S/C29H36N2O6S/c1-21-11-14-23(15-12-21)38(33,34)31(25-19-22(35-5)13-16-27(25)36-6)20-28(32)30-17-18-37-26-10-8-7-9-24(26)29(2,3)4/h7-16,19H,17-18,20H2,1-6H3,(H,30,32). The van der Waals surface area contributed by atoms with Crippen molar-refractivity contribution < 1.29 is 27.4 Å². The van der Waals surface area contributed by atoms with E-state index in [2.05, 4.69) is 26.1 Å². The van der Waals surface area contributed by atoms with Crippen LogP contribution in [0.25, 0.3) is 0 Å². The molecular formula is C29H36N2O6S. The highest BCUT2D eigenvalue weighted by Crippen LogP contribution is 2.35. The van der Waals surface area contributed by atoms with Crippen LogP contribution in [-0.4, -0.2) is 48.2 Å². The van der Waals surface area contributed by atoms with Gasteiger partial charge >= 0.3 is 0 Å². The average Bonchev–Trinajstić information content (AvgIpc) is 2.89. The number of hydrogen-bond acceptors (Lipinski definition) is 6. The number of rotatable bonds is 11. The number of anilines is 1. The molecule has 9 heteroatoms. The molecule has 0 atom stereocenters. The number of carbonyl (C=O) groups excluding carboxylic acids is 1. The van der Waals surface area contributed by atoms with Crippen molar-refractivity contribution in [1.29, 1.82) is 0 Å². The molecule has 0 saturated heterocycles. The number of amides is 1. The lowest BCUT2D eigenvalue weighted by molar-refractivity contribution is -0.119. The van der Waals surface area contributed by atoms with Gasteiger partial charge in [0.25, 0.3) is 10.0 Å². The molecule has 0 fully saturated rings. The summed E-state index contributed by atoms with van der Waals surface area (Å²) in [6.07, 6.45) is 0. The molecule has 0 aliphatic carbocycles. The number of nitrogens with zero attached hydrogens (tertiary/aromatic N) is 1. The molecule has 8 nitrogen and oxygen atoms in total. The van der Waals surface area contributed by atoms with E-state index in [0.29, 0.717) is 5.75 Å². The summed E-state index contributed by atoms with van der Waals surface area (Å²) in [5.74, 6) is 0.977. The van der Waals surface area contributed by atoms with Gasteiger partial charge in [-0.1, -0.05) is 56.7 Å². The van der Waals surface area contributed by atoms with E-state index in [1.54, 1.807) is 24.3 Å². The zero-order valence-corrected chi connectivity index (χ0v) is 23.6. The average molecular weight is 541 g/mol. The second-order valence-corrected chi connectivity index (χ2v) is 11.7. The minimum Gasteiger partial charge on any atom is -0.497 e. The largest absolute Gasteiger partial charge is 0.497 e. The first-order chi connectivity index (χ1) is 18.0. The topological polar surface area (TPSA) is 94.2 Å². The Morgan fingerprint density at radius 3 is 2.24 bits per heavy atom. The summed E-state index contributed by atoms with van der Waals surface area (Å²) in [5.41, 5.74) is 2.07. The van der Waals surface area contributed by atoms with Crippen LogP contribution in [0.5, 0.6) is 17.2 Å². The van der Waals surface area contributed by atoms with Crippen LogP contribution < -0.4 is 23.8 Å². The zero-order chi connectivity index (χ0) is 27.9. The first-order valence-electron chi connectivity index (χ1n) is 12.3. The number of aryl methyl sites for hydroxylation is 1. The van der Waals surface area contributed by atoms with Crippen LogP contribution >= 0.6 is 0 Å². The maximum Gasteiger partial charge on any atom is 0.264 e. The maximum absolute atomic E-state index is 13.7. The molecule has 1 N–H and O–H groups in total. The molecule has 38 heavy (non-hydrogen) atoms. The predicted octanol–water partition coefficient (Wildman–Crippen LogP) is 4.70. The van der Waals surface area contributed by atoms with Crippen molar-refractivity contribution >= 4 is 21.6 Å². The number of nitrogens with one attached hydrogen (secondary N) is 1. The molecule has 0 unspecified atom stereocenters. The second kappa shape index (κ2) is 12.2. The summed E-state index contributed by atoms with van der Waals surface area (Å²) in [7, 11) is -1.19. The molecule has 204 valence electrons. The SMILES string of the molecule is COc1ccc(OC)c(N(CC(=O)NCCOc2ccccc2C(C)(C)C)S(=O)(=O)c2ccc(C)cc2)c1. The number of methoxy groups -OCH3 is 2. The van der Waals surface area contributed by atoms with Crippen LogP contribution in [0, 0.1) is 6.92 Å². The van der Waals surface area contributed by atoms with Gasteiger partial charge < -0.3 is 19.5 Å². The number of hydrogen-bond donors (Lipinski definition) is 1. The first-order valence-corrected chi connectivity index (χ1v) is 13.7. The van der Waals surface area contributed by atoms with E-state index in [0.717, 1.165) is 21.2 Å². The van der Waals surface area contributed by atoms with Gasteiger partial charge in [0, 0.05) is 6.07 Å². The fraction of sp³-hybridized carbons (Fsp3) is 0.345. The van der Waals surface area contributed by atoms with Crippen LogP contribution in [0.3, 0.4) is 0 Å². The van der Waals surface area contributed by atoms with Gasteiger partial charge in [-0.3, -0.25) is 9.10 Å². The van der Waals surface area contributed by atoms with Crippen molar-refractivity contribution in [3.8, 4) is 17.2 Å². The summed E-state index contributed by atoms with van der Waals surface area (Å²) < 4.78 is 45.1. The molecule has 0 spiro atoms. The predicted molar refractivity (Wildman–Crippen MR) is 149 cm³/mol. The van der Waals surface area contributed by atoms with Crippen molar-refractivity contribution in [1.82, 2.24) is 5.32 Å². The fourth-order valence-electron chi connectivity index (χ4n) is 3.88. The highest BCUT2D eigenvalue weighted by Gasteiger charge is 2.30. The molecule has 0 saturated carbocycles. The van der Waals surface area contributed by atoms with E-state index >= 15 is 0 Å². The first kappa shape index (κ1) is 28.8. The Balaban J connectivity index is 1.81. The summed E-state index contributed by atoms with van der Waals surface area (Å²) in [4.78, 5) is 13.1. The van der Waals surface area contributed by atoms with Gasteiger partial charge in [0.05, 0.1) is 31.3 Å². The van der Waals surface area contributed by atoms with Gasteiger partial charge in [-0.2, -0.15) is 0 Å². The van der Waals surface area contributed by atoms with Gasteiger partial charge in [0.2, 0.25) is 5.91 Å². The monoisotopic (exact) mass is 540 g/mol. The van der Waals surface area contributed by atoms with Crippen LogP contribution in [0.1, 0.15) is 31.9 Å². The smallest absolute Gasteiger partial charge is 0.264 e. The van der Waals surface area contributed by atoms with E-state index < -0.39 is 22.5 Å². The normalized spacial score (nSPS) is 11.5. The van der Waals surface area contributed by atoms with Crippen molar-refractivity contribution in [2.45, 2.75) is 38.0 Å². The molecule has 3 rings (SSSR count). The third kappa shape index (κ3) is 6.98. The van der Waals surface area contributed by atoms with Crippen LogP contribution in [0.2, 0.25) is 0 Å². The Hall–Kier alpha value is -3.72. The Morgan fingerprint density at radius 1 is 0.921 bits per heavy atom. The molecular weight excluding hydrogens is 504 g/mol. The van der Waals surface area contributed by atoms with E-state index in [1.807, 2.05) is 31.2 Å². The van der Waals surface area contributed by atoms with Gasteiger partial charge in [0.1, 0.15) is 30.4 Å². The molecule has 0 radical (unpaired) electrons. The van der Waals surface area contributed by atoms with Crippen LogP contribution in [0.15, 0.2) is 71.6 Å². The zero-order valence-electron chi connectivity index (χ0n) is 22.8. The Labute approximate surface area is 225 Å². The summed E-state index contributed by atoms with van der Waals surface area (Å²) in [5, 5.41) is 2.77. The Kier molecular flexibility index (Phi) is 9.27. The van der Waals surface area contributed by atoms with Crippen molar-refractivity contribution in [2.24, 2.45) is 0 Å². The minimum absolute atomic E-state index is 0.0582. The lowest BCUT2D eigenvalue weighted by Gasteiger charge is -2.26. The summed E-state index contributed by atoms with van der Waals surface area (Å²) in [6.45, 7) is 8.15. The quantitative estimate of drug-likeness (QED) is 0.355. The van der Waals surface area contributed by atoms with Crippen LogP contribution in [-0.2, 0) is 20.2 Å². The lowest BCUT2D eigenvalue weighted by Crippen LogP contribution is -2.42. The van der Waals surface area contributed by atoms with Gasteiger partial charge in [-0.05, 0) is 48.2 Å². The van der Waals surface area contributed by atoms with Crippen molar-refractivity contribution in [2.75, 3.05) is 38.2 Å². The van der Waals surface area contributed by atoms with E-state index in [1.165, 1.54) is 32.4 Å². The van der Waals surface area contributed by atoms with E-state index in [9.17, 15) is 13.2 Å². The Bertz CT molecular complexity index is 1350. The number of benzene rings is 3. The van der Waals surface area contributed by atoms with E-state index in [4.69, 9.17) is 14.2 Å². The maximum atomic E-state index is 13.7. The molecule has 0 heterocycles. The van der Waals surface area contributed by atoms with Gasteiger partial charge in [-0.25, -0.2) is 8.42 Å². The molecule has 3 aromatic carbocycles. The fourth-order valence-corrected chi connectivity index (χ4v) is 5.30. The molecule has 1 amide bonds. The molecule has 0 aliphatic rings. The number of para-hydroxylation sites is 1. The third-order valence-electron chi connectivity index (χ3n) is 5.93. The summed E-state index contributed by atoms with van der Waals surface area (Å²) >= 11 is 0. The highest BCUT2D eigenvalue weighted by molar-refractivity contribution is 7.92. The highest BCUT2D eigenvalue weighted by atomic mass is 32.2. The third-order valence-corrected chi connectivity index (χ3v) is 7.70. The number of ether oxygens (including phenoxy) is 3. The lowest BCUT2D eigenvalue weighted by atomic mass is 9.86. The second-order valence-electron chi connectivity index (χ2n) is 9.81.